The Bertz CT molecular complexity index is 815. The molecule has 1 N–H and O–H groups in total. The van der Waals surface area contributed by atoms with E-state index < -0.39 is 17.9 Å². The number of rotatable bonds is 5. The summed E-state index contributed by atoms with van der Waals surface area (Å²) >= 11 is 0. The van der Waals surface area contributed by atoms with Crippen LogP contribution in [0.4, 0.5) is 0 Å². The van der Waals surface area contributed by atoms with Gasteiger partial charge in [-0.15, -0.1) is 0 Å². The number of hydrogen-bond donors (Lipinski definition) is 1. The van der Waals surface area contributed by atoms with Crippen molar-refractivity contribution in [3.8, 4) is 11.4 Å². The SMILES string of the molecule is CCN(C(=O)c1nn(-c2ccccc2)cc1OC)[C@@H]1CC(=O)NC1=O. The number of nitrogens with zero attached hydrogens (tertiary/aromatic N) is 3. The fourth-order valence-corrected chi connectivity index (χ4v) is 2.80. The molecule has 2 aromatic rings. The quantitative estimate of drug-likeness (QED) is 0.810. The van der Waals surface area contributed by atoms with Gasteiger partial charge in [0, 0.05) is 6.54 Å². The number of amides is 3. The Morgan fingerprint density at radius 3 is 2.64 bits per heavy atom. The number of methoxy groups -OCH3 is 1. The second-order valence-electron chi connectivity index (χ2n) is 5.55. The van der Waals surface area contributed by atoms with E-state index in [2.05, 4.69) is 10.4 Å². The van der Waals surface area contributed by atoms with Gasteiger partial charge in [0.1, 0.15) is 6.04 Å². The number of likely N-dealkylation sites (N-methyl/N-ethyl adjacent to an activating group) is 1. The number of aromatic nitrogens is 2. The van der Waals surface area contributed by atoms with Gasteiger partial charge in [0.15, 0.2) is 11.4 Å². The predicted octanol–water partition coefficient (Wildman–Crippen LogP) is 0.758. The first kappa shape index (κ1) is 16.7. The lowest BCUT2D eigenvalue weighted by atomic mass is 10.2. The molecule has 25 heavy (non-hydrogen) atoms. The molecular formula is C17H18N4O4. The Hall–Kier alpha value is -3.16. The minimum Gasteiger partial charge on any atom is -0.493 e. The average molecular weight is 342 g/mol. The lowest BCUT2D eigenvalue weighted by Gasteiger charge is -2.24. The van der Waals surface area contributed by atoms with E-state index in [9.17, 15) is 14.4 Å². The van der Waals surface area contributed by atoms with E-state index in [4.69, 9.17) is 4.74 Å². The second kappa shape index (κ2) is 6.76. The fraction of sp³-hybridized carbons (Fsp3) is 0.294. The summed E-state index contributed by atoms with van der Waals surface area (Å²) < 4.78 is 6.82. The van der Waals surface area contributed by atoms with Gasteiger partial charge >= 0.3 is 0 Å². The first-order valence-electron chi connectivity index (χ1n) is 7.89. The third-order valence-electron chi connectivity index (χ3n) is 4.05. The van der Waals surface area contributed by atoms with E-state index in [1.165, 1.54) is 12.0 Å². The molecule has 0 saturated carbocycles. The minimum atomic E-state index is -0.823. The van der Waals surface area contributed by atoms with Crippen LogP contribution < -0.4 is 10.1 Å². The number of benzene rings is 1. The highest BCUT2D eigenvalue weighted by Crippen LogP contribution is 2.23. The van der Waals surface area contributed by atoms with Gasteiger partial charge in [0.05, 0.1) is 25.4 Å². The van der Waals surface area contributed by atoms with Crippen molar-refractivity contribution in [1.29, 1.82) is 0 Å². The highest BCUT2D eigenvalue weighted by atomic mass is 16.5. The first-order valence-corrected chi connectivity index (χ1v) is 7.89. The highest BCUT2D eigenvalue weighted by molar-refractivity contribution is 6.08. The molecule has 0 unspecified atom stereocenters. The maximum Gasteiger partial charge on any atom is 0.278 e. The molecule has 0 radical (unpaired) electrons. The molecule has 1 aromatic heterocycles. The zero-order chi connectivity index (χ0) is 18.0. The fourth-order valence-electron chi connectivity index (χ4n) is 2.80. The number of hydrogen-bond acceptors (Lipinski definition) is 5. The van der Waals surface area contributed by atoms with Crippen LogP contribution in [-0.4, -0.2) is 52.1 Å². The third kappa shape index (κ3) is 3.10. The molecule has 8 heteroatoms. The molecular weight excluding hydrogens is 324 g/mol. The Morgan fingerprint density at radius 2 is 2.08 bits per heavy atom. The molecule has 0 spiro atoms. The molecule has 1 aliphatic rings. The van der Waals surface area contributed by atoms with Crippen LogP contribution in [0.15, 0.2) is 36.5 Å². The van der Waals surface area contributed by atoms with E-state index in [1.807, 2.05) is 30.3 Å². The zero-order valence-corrected chi connectivity index (χ0v) is 13.9. The average Bonchev–Trinajstić information content (AvgIpc) is 3.19. The summed E-state index contributed by atoms with van der Waals surface area (Å²) in [4.78, 5) is 37.6. The molecule has 1 aliphatic heterocycles. The van der Waals surface area contributed by atoms with Crippen LogP contribution in [0.5, 0.6) is 5.75 Å². The largest absolute Gasteiger partial charge is 0.493 e. The number of para-hydroxylation sites is 1. The van der Waals surface area contributed by atoms with Crippen LogP contribution in [0, 0.1) is 0 Å². The molecule has 1 saturated heterocycles. The topological polar surface area (TPSA) is 93.5 Å². The number of imide groups is 1. The van der Waals surface area contributed by atoms with Gasteiger partial charge in [-0.1, -0.05) is 18.2 Å². The van der Waals surface area contributed by atoms with Crippen LogP contribution >= 0.6 is 0 Å². The first-order chi connectivity index (χ1) is 12.0. The molecule has 2 heterocycles. The Labute approximate surface area is 144 Å². The minimum absolute atomic E-state index is 0.0415. The lowest BCUT2D eigenvalue weighted by Crippen LogP contribution is -2.44. The van der Waals surface area contributed by atoms with Gasteiger partial charge in [-0.25, -0.2) is 4.68 Å². The maximum absolute atomic E-state index is 12.9. The van der Waals surface area contributed by atoms with Crippen molar-refractivity contribution in [2.45, 2.75) is 19.4 Å². The molecule has 8 nitrogen and oxygen atoms in total. The van der Waals surface area contributed by atoms with Crippen molar-refractivity contribution < 1.29 is 19.1 Å². The lowest BCUT2D eigenvalue weighted by molar-refractivity contribution is -0.126. The summed E-state index contributed by atoms with van der Waals surface area (Å²) in [6.07, 6.45) is 1.57. The van der Waals surface area contributed by atoms with Crippen molar-refractivity contribution >= 4 is 17.7 Å². The van der Waals surface area contributed by atoms with E-state index in [0.29, 0.717) is 5.75 Å². The van der Waals surface area contributed by atoms with Crippen LogP contribution in [0.2, 0.25) is 0 Å². The molecule has 1 aromatic carbocycles. The second-order valence-corrected chi connectivity index (χ2v) is 5.55. The number of ether oxygens (including phenoxy) is 1. The maximum atomic E-state index is 12.9. The summed E-state index contributed by atoms with van der Waals surface area (Å²) in [6.45, 7) is 2.01. The van der Waals surface area contributed by atoms with Gasteiger partial charge in [0.25, 0.3) is 5.91 Å². The molecule has 1 fully saturated rings. The van der Waals surface area contributed by atoms with Crippen molar-refractivity contribution in [2.75, 3.05) is 13.7 Å². The zero-order valence-electron chi connectivity index (χ0n) is 13.9. The molecule has 0 bridgehead atoms. The van der Waals surface area contributed by atoms with E-state index >= 15 is 0 Å². The smallest absolute Gasteiger partial charge is 0.278 e. The summed E-state index contributed by atoms with van der Waals surface area (Å²) in [7, 11) is 1.45. The van der Waals surface area contributed by atoms with Gasteiger partial charge in [-0.2, -0.15) is 5.10 Å². The van der Waals surface area contributed by atoms with Crippen molar-refractivity contribution in [3.63, 3.8) is 0 Å². The summed E-state index contributed by atoms with van der Waals surface area (Å²) in [5.41, 5.74) is 0.872. The van der Waals surface area contributed by atoms with E-state index in [0.717, 1.165) is 5.69 Å². The summed E-state index contributed by atoms with van der Waals surface area (Å²) in [6, 6.07) is 8.47. The molecule has 130 valence electrons. The predicted molar refractivity (Wildman–Crippen MR) is 88.4 cm³/mol. The van der Waals surface area contributed by atoms with Crippen molar-refractivity contribution in [1.82, 2.24) is 20.0 Å². The normalized spacial score (nSPS) is 16.6. The van der Waals surface area contributed by atoms with Crippen LogP contribution in [0.3, 0.4) is 0 Å². The number of carbonyl (C=O) groups excluding carboxylic acids is 3. The van der Waals surface area contributed by atoms with Crippen molar-refractivity contribution in [2.24, 2.45) is 0 Å². The Balaban J connectivity index is 1.94. The van der Waals surface area contributed by atoms with Crippen LogP contribution in [0.25, 0.3) is 5.69 Å². The van der Waals surface area contributed by atoms with Gasteiger partial charge < -0.3 is 9.64 Å². The van der Waals surface area contributed by atoms with Crippen molar-refractivity contribution in [3.05, 3.63) is 42.2 Å². The third-order valence-corrected chi connectivity index (χ3v) is 4.05. The molecule has 0 aliphatic carbocycles. The monoisotopic (exact) mass is 342 g/mol. The number of carbonyl (C=O) groups is 3. The van der Waals surface area contributed by atoms with Gasteiger partial charge in [-0.3, -0.25) is 19.7 Å². The van der Waals surface area contributed by atoms with E-state index in [-0.39, 0.29) is 24.6 Å². The summed E-state index contributed by atoms with van der Waals surface area (Å²) in [5.74, 6) is -1.01. The number of nitrogens with one attached hydrogen (secondary N) is 1. The van der Waals surface area contributed by atoms with E-state index in [1.54, 1.807) is 17.8 Å². The van der Waals surface area contributed by atoms with Gasteiger partial charge in [0.2, 0.25) is 11.8 Å². The van der Waals surface area contributed by atoms with Crippen LogP contribution in [-0.2, 0) is 9.59 Å². The van der Waals surface area contributed by atoms with Gasteiger partial charge in [-0.05, 0) is 19.1 Å². The Morgan fingerprint density at radius 1 is 1.36 bits per heavy atom. The molecule has 3 rings (SSSR count). The highest BCUT2D eigenvalue weighted by Gasteiger charge is 2.38. The molecule has 1 atom stereocenters. The van der Waals surface area contributed by atoms with Crippen LogP contribution in [0.1, 0.15) is 23.8 Å². The molecule has 3 amide bonds. The summed E-state index contributed by atoms with van der Waals surface area (Å²) in [5, 5.41) is 6.54. The Kier molecular flexibility index (Phi) is 4.51. The standard InChI is InChI=1S/C17H18N4O4/c1-3-20(12-9-14(22)18-16(12)23)17(24)15-13(25-2)10-21(19-15)11-7-5-4-6-8-11/h4-8,10,12H,3,9H2,1-2H3,(H,18,22,23)/t12-/m1/s1.